The lowest BCUT2D eigenvalue weighted by Gasteiger charge is -2.24. The average molecular weight is 482 g/mol. The Morgan fingerprint density at radius 2 is 1.97 bits per heavy atom. The van der Waals surface area contributed by atoms with E-state index in [1.165, 1.54) is 17.0 Å². The Balaban J connectivity index is 1.67. The Hall–Kier alpha value is -3.68. The number of nitrogens with zero attached hydrogens (tertiary/aromatic N) is 2. The normalized spacial score (nSPS) is 15.1. The molecule has 0 aliphatic carbocycles. The molecule has 4 rings (SSSR count). The Bertz CT molecular complexity index is 1280. The number of carbonyl (C=O) groups is 2. The Morgan fingerprint density at radius 3 is 2.74 bits per heavy atom. The predicted octanol–water partition coefficient (Wildman–Crippen LogP) is 6.59. The molecular weight excluding hydrogens is 455 g/mol. The number of anilines is 2. The van der Waals surface area contributed by atoms with Crippen molar-refractivity contribution in [3.8, 4) is 0 Å². The maximum atomic E-state index is 13.5. The lowest BCUT2D eigenvalue weighted by Crippen LogP contribution is -2.31. The zero-order chi connectivity index (χ0) is 25.0. The molecule has 0 bridgehead atoms. The molecule has 2 amide bonds. The molecule has 1 aliphatic heterocycles. The second-order valence-corrected chi connectivity index (χ2v) is 8.55. The van der Waals surface area contributed by atoms with Gasteiger partial charge in [0.25, 0.3) is 0 Å². The molecule has 3 aromatic rings. The maximum Gasteiger partial charge on any atom is 0.416 e. The first kappa shape index (κ1) is 24.4. The number of benzene rings is 2. The van der Waals surface area contributed by atoms with Crippen molar-refractivity contribution in [3.05, 3.63) is 71.9 Å². The van der Waals surface area contributed by atoms with Crippen LogP contribution in [0.15, 0.2) is 60.8 Å². The molecule has 0 unspecified atom stereocenters. The van der Waals surface area contributed by atoms with Gasteiger partial charge in [0, 0.05) is 41.9 Å². The van der Waals surface area contributed by atoms with Crippen LogP contribution in [-0.2, 0) is 15.8 Å². The molecule has 1 aromatic heterocycles. The summed E-state index contributed by atoms with van der Waals surface area (Å²) in [6, 6.07) is 12.5. The van der Waals surface area contributed by atoms with Gasteiger partial charge in [-0.1, -0.05) is 31.5 Å². The topological polar surface area (TPSA) is 62.3 Å². The largest absolute Gasteiger partial charge is 0.416 e. The Labute approximate surface area is 201 Å². The van der Waals surface area contributed by atoms with Crippen LogP contribution in [0.25, 0.3) is 16.5 Å². The summed E-state index contributed by atoms with van der Waals surface area (Å²) < 4.78 is 40.4. The van der Waals surface area contributed by atoms with E-state index >= 15 is 0 Å². The van der Waals surface area contributed by atoms with Gasteiger partial charge in [0.2, 0.25) is 11.8 Å². The van der Waals surface area contributed by atoms with E-state index in [-0.39, 0.29) is 18.0 Å². The number of pyridine rings is 1. The first-order valence-electron chi connectivity index (χ1n) is 11.6. The van der Waals surface area contributed by atoms with Crippen LogP contribution >= 0.6 is 0 Å². The van der Waals surface area contributed by atoms with Crippen molar-refractivity contribution in [3.63, 3.8) is 0 Å². The third-order valence-corrected chi connectivity index (χ3v) is 6.01. The van der Waals surface area contributed by atoms with Crippen molar-refractivity contribution in [2.75, 3.05) is 16.8 Å². The van der Waals surface area contributed by atoms with Gasteiger partial charge in [-0.2, -0.15) is 13.2 Å². The lowest BCUT2D eigenvalue weighted by molar-refractivity contribution is -0.137. The average Bonchev–Trinajstić information content (AvgIpc) is 3.01. The van der Waals surface area contributed by atoms with Gasteiger partial charge in [-0.25, -0.2) is 0 Å². The highest BCUT2D eigenvalue weighted by atomic mass is 19.4. The van der Waals surface area contributed by atoms with Crippen LogP contribution in [0.4, 0.5) is 24.5 Å². The highest BCUT2D eigenvalue weighted by Crippen LogP contribution is 2.39. The van der Waals surface area contributed by atoms with Crippen molar-refractivity contribution in [2.24, 2.45) is 0 Å². The van der Waals surface area contributed by atoms with Gasteiger partial charge in [-0.3, -0.25) is 14.6 Å². The van der Waals surface area contributed by atoms with E-state index in [9.17, 15) is 22.8 Å². The van der Waals surface area contributed by atoms with Gasteiger partial charge < -0.3 is 10.2 Å². The highest BCUT2D eigenvalue weighted by Gasteiger charge is 2.33. The molecule has 0 fully saturated rings. The molecule has 2 aromatic carbocycles. The van der Waals surface area contributed by atoms with Crippen LogP contribution in [0.3, 0.4) is 0 Å². The van der Waals surface area contributed by atoms with Crippen LogP contribution in [0, 0.1) is 0 Å². The monoisotopic (exact) mass is 481 g/mol. The summed E-state index contributed by atoms with van der Waals surface area (Å²) in [5.74, 6) is -0.603. The number of unbranched alkanes of at least 4 members (excludes halogenated alkanes) is 1. The molecule has 1 N–H and O–H groups in total. The minimum atomic E-state index is -4.54. The van der Waals surface area contributed by atoms with Crippen molar-refractivity contribution >= 4 is 39.7 Å². The van der Waals surface area contributed by atoms with Gasteiger partial charge in [0.05, 0.1) is 16.8 Å². The predicted molar refractivity (Wildman–Crippen MR) is 131 cm³/mol. The molecular formula is C27H26F3N3O2. The minimum Gasteiger partial charge on any atom is -0.322 e. The van der Waals surface area contributed by atoms with Crippen LogP contribution < -0.4 is 10.2 Å². The first-order valence-corrected chi connectivity index (χ1v) is 11.6. The summed E-state index contributed by atoms with van der Waals surface area (Å²) in [4.78, 5) is 31.4. The molecule has 1 aliphatic rings. The first-order chi connectivity index (χ1) is 16.8. The smallest absolute Gasteiger partial charge is 0.322 e. The number of fused-ring (bicyclic) bond motifs is 2. The van der Waals surface area contributed by atoms with Crippen molar-refractivity contribution < 1.29 is 22.8 Å². The molecule has 0 radical (unpaired) electrons. The number of hydrogen-bond donors (Lipinski definition) is 1. The number of allylic oxidation sites excluding steroid dienone is 1. The zero-order valence-electron chi connectivity index (χ0n) is 19.4. The molecule has 0 saturated carbocycles. The van der Waals surface area contributed by atoms with E-state index in [1.807, 2.05) is 25.1 Å². The summed E-state index contributed by atoms with van der Waals surface area (Å²) in [5.41, 5.74) is 1.74. The Morgan fingerprint density at radius 1 is 1.14 bits per heavy atom. The number of aromatic nitrogens is 1. The molecule has 8 heteroatoms. The summed E-state index contributed by atoms with van der Waals surface area (Å²) >= 11 is 0. The second-order valence-electron chi connectivity index (χ2n) is 8.55. The van der Waals surface area contributed by atoms with E-state index in [1.54, 1.807) is 18.3 Å². The van der Waals surface area contributed by atoms with E-state index in [0.717, 1.165) is 29.5 Å². The third-order valence-electron chi connectivity index (χ3n) is 6.01. The molecule has 0 saturated heterocycles. The standard InChI is InChI=1S/C27H26F3N3O2/c1-2-3-8-26(35)33-14-5-7-19(22-12-10-20(16-24(22)33)27(28,29)30)15-25(34)32-21-11-9-18-6-4-13-31-23(18)17-21/h4,6,9-13,15-17H,2-3,5,7-8,14H2,1H3,(H,32,34)/b19-15+. The summed E-state index contributed by atoms with van der Waals surface area (Å²) in [6.45, 7) is 2.25. The third kappa shape index (κ3) is 5.70. The van der Waals surface area contributed by atoms with Crippen LogP contribution in [0.5, 0.6) is 0 Å². The van der Waals surface area contributed by atoms with Gasteiger partial charge in [-0.15, -0.1) is 0 Å². The molecule has 0 atom stereocenters. The minimum absolute atomic E-state index is 0.201. The number of amides is 2. The lowest BCUT2D eigenvalue weighted by atomic mass is 9.98. The molecule has 0 spiro atoms. The molecule has 182 valence electrons. The van der Waals surface area contributed by atoms with Gasteiger partial charge in [-0.05, 0) is 55.2 Å². The quantitative estimate of drug-likeness (QED) is 0.418. The van der Waals surface area contributed by atoms with Crippen molar-refractivity contribution in [1.29, 1.82) is 0 Å². The fraction of sp³-hybridized carbons (Fsp3) is 0.296. The summed E-state index contributed by atoms with van der Waals surface area (Å²) in [6.07, 6.45) is 1.28. The Kier molecular flexibility index (Phi) is 7.19. The van der Waals surface area contributed by atoms with Crippen molar-refractivity contribution in [2.45, 2.75) is 45.2 Å². The number of nitrogens with one attached hydrogen (secondary N) is 1. The van der Waals surface area contributed by atoms with E-state index in [4.69, 9.17) is 0 Å². The fourth-order valence-corrected chi connectivity index (χ4v) is 4.24. The summed E-state index contributed by atoms with van der Waals surface area (Å²) in [7, 11) is 0. The van der Waals surface area contributed by atoms with Gasteiger partial charge in [0.15, 0.2) is 0 Å². The van der Waals surface area contributed by atoms with E-state index in [0.29, 0.717) is 42.6 Å². The van der Waals surface area contributed by atoms with E-state index in [2.05, 4.69) is 10.3 Å². The second kappa shape index (κ2) is 10.3. The van der Waals surface area contributed by atoms with Gasteiger partial charge in [0.1, 0.15) is 0 Å². The molecule has 35 heavy (non-hydrogen) atoms. The highest BCUT2D eigenvalue weighted by molar-refractivity contribution is 6.06. The van der Waals surface area contributed by atoms with Crippen LogP contribution in [-0.4, -0.2) is 23.3 Å². The summed E-state index contributed by atoms with van der Waals surface area (Å²) in [5, 5.41) is 3.75. The zero-order valence-corrected chi connectivity index (χ0v) is 19.4. The number of halogens is 3. The van der Waals surface area contributed by atoms with E-state index < -0.39 is 17.6 Å². The fourth-order valence-electron chi connectivity index (χ4n) is 4.24. The number of carbonyl (C=O) groups excluding carboxylic acids is 2. The van der Waals surface area contributed by atoms with Crippen LogP contribution in [0.2, 0.25) is 0 Å². The maximum absolute atomic E-state index is 13.5. The van der Waals surface area contributed by atoms with Gasteiger partial charge >= 0.3 is 6.18 Å². The number of hydrogen-bond acceptors (Lipinski definition) is 3. The van der Waals surface area contributed by atoms with Crippen LogP contribution in [0.1, 0.15) is 50.2 Å². The SMILES string of the molecule is CCCCC(=O)N1CCC/C(=C\C(=O)Nc2ccc3cccnc3c2)c2ccc(C(F)(F)F)cc21. The number of alkyl halides is 3. The molecule has 5 nitrogen and oxygen atoms in total. The molecule has 2 heterocycles. The van der Waals surface area contributed by atoms with Crippen molar-refractivity contribution in [1.82, 2.24) is 4.98 Å². The number of rotatable bonds is 5.